The molecule has 2 amide bonds. The standard InChI is InChI=1S/C18H25N5O5/c1-10(25)15(11(2)26)21-18(27)20-14(8-12-6-4-3-5-7-12)17-22-16(23-28-17)13(19)9-24/h3-7,10,13-15,24-25H,8-9,19H2,1-2H3,(H2,20,21,27)/t10?,13-,14-,15-/m0/s1. The molecule has 0 aliphatic rings. The van der Waals surface area contributed by atoms with Crippen molar-refractivity contribution in [3.63, 3.8) is 0 Å². The number of hydrogen-bond donors (Lipinski definition) is 5. The van der Waals surface area contributed by atoms with E-state index in [0.717, 1.165) is 5.56 Å². The zero-order valence-corrected chi connectivity index (χ0v) is 15.7. The molecule has 1 heterocycles. The first-order chi connectivity index (χ1) is 13.3. The summed E-state index contributed by atoms with van der Waals surface area (Å²) >= 11 is 0. The second-order valence-electron chi connectivity index (χ2n) is 6.47. The van der Waals surface area contributed by atoms with Crippen molar-refractivity contribution in [2.75, 3.05) is 6.61 Å². The largest absolute Gasteiger partial charge is 0.394 e. The number of aliphatic hydroxyl groups is 2. The molecule has 0 aliphatic carbocycles. The number of rotatable bonds is 9. The Kier molecular flexibility index (Phi) is 7.61. The van der Waals surface area contributed by atoms with E-state index in [-0.39, 0.29) is 24.1 Å². The minimum atomic E-state index is -1.05. The van der Waals surface area contributed by atoms with Gasteiger partial charge in [0.05, 0.1) is 18.8 Å². The van der Waals surface area contributed by atoms with Crippen molar-refractivity contribution >= 4 is 11.8 Å². The number of carbonyl (C=O) groups excluding carboxylic acids is 2. The van der Waals surface area contributed by atoms with E-state index in [9.17, 15) is 14.7 Å². The van der Waals surface area contributed by atoms with E-state index in [1.807, 2.05) is 30.3 Å². The third-order valence-corrected chi connectivity index (χ3v) is 4.08. The highest BCUT2D eigenvalue weighted by molar-refractivity contribution is 5.87. The van der Waals surface area contributed by atoms with E-state index in [1.165, 1.54) is 13.8 Å². The topological polar surface area (TPSA) is 164 Å². The number of benzene rings is 1. The van der Waals surface area contributed by atoms with Gasteiger partial charge in [0.15, 0.2) is 11.6 Å². The molecule has 1 aromatic heterocycles. The first-order valence-corrected chi connectivity index (χ1v) is 8.81. The summed E-state index contributed by atoms with van der Waals surface area (Å²) in [5, 5.41) is 27.7. The molecule has 2 rings (SSSR count). The maximum absolute atomic E-state index is 12.4. The summed E-state index contributed by atoms with van der Waals surface area (Å²) in [6.45, 7) is 2.33. The average molecular weight is 391 g/mol. The highest BCUT2D eigenvalue weighted by Gasteiger charge is 2.27. The van der Waals surface area contributed by atoms with Crippen molar-refractivity contribution in [3.05, 3.63) is 47.6 Å². The molecule has 1 unspecified atom stereocenters. The smallest absolute Gasteiger partial charge is 0.316 e. The number of aliphatic hydroxyl groups excluding tert-OH is 2. The molecule has 28 heavy (non-hydrogen) atoms. The van der Waals surface area contributed by atoms with Gasteiger partial charge in [-0.25, -0.2) is 4.79 Å². The summed E-state index contributed by atoms with van der Waals surface area (Å²) in [5.74, 6) is -0.156. The molecular formula is C18H25N5O5. The summed E-state index contributed by atoms with van der Waals surface area (Å²) in [5.41, 5.74) is 6.59. The Morgan fingerprint density at radius 2 is 1.93 bits per heavy atom. The molecule has 10 heteroatoms. The van der Waals surface area contributed by atoms with Gasteiger partial charge in [-0.2, -0.15) is 4.98 Å². The first kappa shape index (κ1) is 21.5. The number of amides is 2. The minimum Gasteiger partial charge on any atom is -0.394 e. The van der Waals surface area contributed by atoms with Crippen molar-refractivity contribution in [1.82, 2.24) is 20.8 Å². The molecule has 4 atom stereocenters. The lowest BCUT2D eigenvalue weighted by Crippen LogP contribution is -2.51. The Morgan fingerprint density at radius 1 is 1.25 bits per heavy atom. The van der Waals surface area contributed by atoms with E-state index < -0.39 is 30.3 Å². The zero-order chi connectivity index (χ0) is 20.7. The molecule has 1 aromatic carbocycles. The molecule has 0 aliphatic heterocycles. The van der Waals surface area contributed by atoms with Gasteiger partial charge in [-0.3, -0.25) is 4.79 Å². The van der Waals surface area contributed by atoms with Crippen molar-refractivity contribution in [2.45, 2.75) is 44.5 Å². The average Bonchev–Trinajstić information content (AvgIpc) is 3.15. The summed E-state index contributed by atoms with van der Waals surface area (Å²) in [6.07, 6.45) is -0.711. The lowest BCUT2D eigenvalue weighted by atomic mass is 10.1. The van der Waals surface area contributed by atoms with Gasteiger partial charge < -0.3 is 31.1 Å². The van der Waals surface area contributed by atoms with Crippen molar-refractivity contribution in [1.29, 1.82) is 0 Å². The summed E-state index contributed by atoms with van der Waals surface area (Å²) in [7, 11) is 0. The summed E-state index contributed by atoms with van der Waals surface area (Å²) in [4.78, 5) is 28.1. The van der Waals surface area contributed by atoms with Gasteiger partial charge in [0.25, 0.3) is 0 Å². The zero-order valence-electron chi connectivity index (χ0n) is 15.7. The lowest BCUT2D eigenvalue weighted by Gasteiger charge is -2.21. The lowest BCUT2D eigenvalue weighted by molar-refractivity contribution is -0.120. The number of carbonyl (C=O) groups is 2. The second kappa shape index (κ2) is 9.93. The minimum absolute atomic E-state index is 0.106. The van der Waals surface area contributed by atoms with Crippen LogP contribution in [0.2, 0.25) is 0 Å². The summed E-state index contributed by atoms with van der Waals surface area (Å²) < 4.78 is 5.21. The van der Waals surface area contributed by atoms with Gasteiger partial charge in [0.1, 0.15) is 12.1 Å². The highest BCUT2D eigenvalue weighted by atomic mass is 16.5. The van der Waals surface area contributed by atoms with E-state index >= 15 is 0 Å². The van der Waals surface area contributed by atoms with Crippen LogP contribution >= 0.6 is 0 Å². The maximum Gasteiger partial charge on any atom is 0.316 e. The van der Waals surface area contributed by atoms with Crippen molar-refractivity contribution < 1.29 is 24.3 Å². The number of nitrogens with zero attached hydrogens (tertiary/aromatic N) is 2. The van der Waals surface area contributed by atoms with Crippen LogP contribution in [0.1, 0.15) is 43.2 Å². The quantitative estimate of drug-likeness (QED) is 0.398. The fourth-order valence-electron chi connectivity index (χ4n) is 2.57. The van der Waals surface area contributed by atoms with Crippen LogP contribution in [-0.4, -0.2) is 50.9 Å². The predicted octanol–water partition coefficient (Wildman–Crippen LogP) is -0.0169. The number of aromatic nitrogens is 2. The van der Waals surface area contributed by atoms with E-state index in [2.05, 4.69) is 20.8 Å². The molecule has 152 valence electrons. The van der Waals surface area contributed by atoms with Crippen LogP contribution in [0, 0.1) is 0 Å². The van der Waals surface area contributed by atoms with Crippen LogP contribution < -0.4 is 16.4 Å². The Hall–Kier alpha value is -2.82. The second-order valence-corrected chi connectivity index (χ2v) is 6.47. The third kappa shape index (κ3) is 5.84. The molecule has 0 saturated heterocycles. The van der Waals surface area contributed by atoms with Gasteiger partial charge in [0.2, 0.25) is 5.89 Å². The molecule has 0 spiro atoms. The van der Waals surface area contributed by atoms with Gasteiger partial charge in [-0.1, -0.05) is 35.5 Å². The first-order valence-electron chi connectivity index (χ1n) is 8.81. The fraction of sp³-hybridized carbons (Fsp3) is 0.444. The monoisotopic (exact) mass is 391 g/mol. The predicted molar refractivity (Wildman–Crippen MR) is 99.0 cm³/mol. The Bertz CT molecular complexity index is 780. The number of nitrogens with one attached hydrogen (secondary N) is 2. The highest BCUT2D eigenvalue weighted by Crippen LogP contribution is 2.18. The van der Waals surface area contributed by atoms with Crippen LogP contribution in [0.15, 0.2) is 34.9 Å². The van der Waals surface area contributed by atoms with E-state index in [0.29, 0.717) is 6.42 Å². The Balaban J connectivity index is 2.19. The molecule has 0 saturated carbocycles. The molecular weight excluding hydrogens is 366 g/mol. The van der Waals surface area contributed by atoms with Gasteiger partial charge in [-0.05, 0) is 19.4 Å². The fourth-order valence-corrected chi connectivity index (χ4v) is 2.57. The molecule has 2 aromatic rings. The number of nitrogens with two attached hydrogens (primary N) is 1. The molecule has 0 fully saturated rings. The maximum atomic E-state index is 12.4. The van der Waals surface area contributed by atoms with Crippen LogP contribution in [0.25, 0.3) is 0 Å². The molecule has 0 bridgehead atoms. The number of ketones is 1. The van der Waals surface area contributed by atoms with Gasteiger partial charge in [-0.15, -0.1) is 0 Å². The van der Waals surface area contributed by atoms with Gasteiger partial charge >= 0.3 is 6.03 Å². The number of hydrogen-bond acceptors (Lipinski definition) is 8. The van der Waals surface area contributed by atoms with Gasteiger partial charge in [0, 0.05) is 6.42 Å². The number of Topliss-reactive ketones (excluding diaryl/α,β-unsaturated/α-hetero) is 1. The van der Waals surface area contributed by atoms with Crippen LogP contribution in [-0.2, 0) is 11.2 Å². The SMILES string of the molecule is CC(=O)[C@@H](NC(=O)N[C@@H](Cc1ccccc1)c1nc([C@@H](N)CO)no1)C(C)O. The van der Waals surface area contributed by atoms with Crippen LogP contribution in [0.4, 0.5) is 4.79 Å². The third-order valence-electron chi connectivity index (χ3n) is 4.08. The number of urea groups is 1. The molecule has 0 radical (unpaired) electrons. The van der Waals surface area contributed by atoms with E-state index in [1.54, 1.807) is 0 Å². The Labute approximate surface area is 162 Å². The van der Waals surface area contributed by atoms with Crippen LogP contribution in [0.3, 0.4) is 0 Å². The van der Waals surface area contributed by atoms with Crippen molar-refractivity contribution in [2.24, 2.45) is 5.73 Å². The Morgan fingerprint density at radius 3 is 2.50 bits per heavy atom. The van der Waals surface area contributed by atoms with Crippen LogP contribution in [0.5, 0.6) is 0 Å². The molecule has 10 nitrogen and oxygen atoms in total. The molecule has 6 N–H and O–H groups in total. The normalized spacial score (nSPS) is 15.3. The van der Waals surface area contributed by atoms with E-state index in [4.69, 9.17) is 15.4 Å². The summed E-state index contributed by atoms with van der Waals surface area (Å²) in [6, 6.07) is 6.08. The van der Waals surface area contributed by atoms with Crippen molar-refractivity contribution in [3.8, 4) is 0 Å².